The number of benzene rings is 1. The van der Waals surface area contributed by atoms with Gasteiger partial charge in [0.15, 0.2) is 0 Å². The lowest BCUT2D eigenvalue weighted by Crippen LogP contribution is -1.89. The second-order valence-corrected chi connectivity index (χ2v) is 2.90. The van der Waals surface area contributed by atoms with E-state index in [-0.39, 0.29) is 5.84 Å². The Hall–Kier alpha value is -1.14. The Kier molecular flexibility index (Phi) is 2.40. The molecule has 0 fully saturated rings. The molecule has 54 valence electrons. The Bertz CT molecular complexity index is 308. The van der Waals surface area contributed by atoms with E-state index in [1.807, 2.05) is 12.1 Å². The first-order valence-electron chi connectivity index (χ1n) is 2.99. The summed E-state index contributed by atoms with van der Waals surface area (Å²) in [5.74, 6) is 0.0949. The van der Waals surface area contributed by atoms with Gasteiger partial charge in [-0.3, -0.25) is 0 Å². The number of hydrogen-bond acceptors (Lipinski definition) is 1. The summed E-state index contributed by atoms with van der Waals surface area (Å²) < 4.78 is 0.978. The van der Waals surface area contributed by atoms with Gasteiger partial charge in [0.05, 0.1) is 5.56 Å². The lowest BCUT2D eigenvalue weighted by molar-refractivity contribution is 1.49. The minimum absolute atomic E-state index is 0.0949. The van der Waals surface area contributed by atoms with Crippen LogP contribution in [0.4, 0.5) is 0 Å². The molecule has 1 rings (SSSR count). The van der Waals surface area contributed by atoms with Gasteiger partial charge in [-0.2, -0.15) is 4.85 Å². The molecule has 0 saturated carbocycles. The molecule has 0 aromatic heterocycles. The van der Waals surface area contributed by atoms with Crippen molar-refractivity contribution in [3.63, 3.8) is 0 Å². The van der Waals surface area contributed by atoms with E-state index in [4.69, 9.17) is 12.0 Å². The van der Waals surface area contributed by atoms with Crippen LogP contribution >= 0.6 is 15.9 Å². The number of halogens is 1. The maximum absolute atomic E-state index is 7.24. The van der Waals surface area contributed by atoms with E-state index in [1.165, 1.54) is 0 Å². The second-order valence-electron chi connectivity index (χ2n) is 1.98. The van der Waals surface area contributed by atoms with E-state index in [0.717, 1.165) is 10.0 Å². The third kappa shape index (κ3) is 1.89. The smallest absolute Gasteiger partial charge is 0.158 e. The van der Waals surface area contributed by atoms with Crippen LogP contribution in [0, 0.1) is 12.0 Å². The minimum atomic E-state index is 0.0949. The molecule has 0 aliphatic rings. The normalized spacial score (nSPS) is 8.73. The molecular formula is C8H6BrN2+. The average molecular weight is 210 g/mol. The fraction of sp³-hybridized carbons (Fsp3) is 0. The molecule has 0 heterocycles. The second kappa shape index (κ2) is 3.31. The van der Waals surface area contributed by atoms with Gasteiger partial charge in [0.25, 0.3) is 0 Å². The van der Waals surface area contributed by atoms with Gasteiger partial charge < -0.3 is 0 Å². The zero-order chi connectivity index (χ0) is 8.27. The van der Waals surface area contributed by atoms with Gasteiger partial charge in [0.2, 0.25) is 0 Å². The van der Waals surface area contributed by atoms with E-state index in [1.54, 1.807) is 12.1 Å². The standard InChI is InChI=1S/C8H6BrN2/c1-11-8(10)6-2-4-7(9)5-3-6/h1-5,10H/q+1. The summed E-state index contributed by atoms with van der Waals surface area (Å²) in [6.07, 6.45) is 0. The summed E-state index contributed by atoms with van der Waals surface area (Å²) >= 11 is 3.28. The molecule has 1 N–H and O–H groups in total. The fourth-order valence-corrected chi connectivity index (χ4v) is 0.947. The first-order chi connectivity index (χ1) is 5.24. The van der Waals surface area contributed by atoms with Crippen molar-refractivity contribution in [2.75, 3.05) is 0 Å². The molecule has 0 unspecified atom stereocenters. The fourth-order valence-electron chi connectivity index (χ4n) is 0.682. The Labute approximate surface area is 73.3 Å². The van der Waals surface area contributed by atoms with Crippen molar-refractivity contribution in [3.05, 3.63) is 39.1 Å². The molecule has 1 aromatic rings. The van der Waals surface area contributed by atoms with E-state index >= 15 is 0 Å². The molecule has 11 heavy (non-hydrogen) atoms. The van der Waals surface area contributed by atoms with Crippen LogP contribution in [-0.2, 0) is 0 Å². The predicted octanol–water partition coefficient (Wildman–Crippen LogP) is 2.74. The van der Waals surface area contributed by atoms with Crippen LogP contribution in [0.1, 0.15) is 5.56 Å². The van der Waals surface area contributed by atoms with Gasteiger partial charge in [-0.25, -0.2) is 0 Å². The van der Waals surface area contributed by atoms with Gasteiger partial charge in [-0.05, 0) is 24.3 Å². The summed E-state index contributed by atoms with van der Waals surface area (Å²) in [4.78, 5) is 3.26. The lowest BCUT2D eigenvalue weighted by atomic mass is 10.2. The molecule has 0 radical (unpaired) electrons. The Balaban J connectivity index is 3.01. The largest absolute Gasteiger partial charge is 0.424 e. The van der Waals surface area contributed by atoms with Crippen LogP contribution in [0.2, 0.25) is 0 Å². The zero-order valence-corrected chi connectivity index (χ0v) is 7.30. The van der Waals surface area contributed by atoms with Gasteiger partial charge >= 0.3 is 5.84 Å². The van der Waals surface area contributed by atoms with E-state index in [2.05, 4.69) is 20.8 Å². The summed E-state index contributed by atoms with van der Waals surface area (Å²) in [7, 11) is 0. The van der Waals surface area contributed by atoms with Crippen LogP contribution < -0.4 is 0 Å². The number of hydrogen-bond donors (Lipinski definition) is 1. The Morgan fingerprint density at radius 2 is 1.91 bits per heavy atom. The maximum atomic E-state index is 7.24. The van der Waals surface area contributed by atoms with Crippen molar-refractivity contribution in [1.82, 2.24) is 0 Å². The van der Waals surface area contributed by atoms with Crippen LogP contribution in [0.5, 0.6) is 0 Å². The Morgan fingerprint density at radius 3 is 2.36 bits per heavy atom. The summed E-state index contributed by atoms with van der Waals surface area (Å²) in [6.45, 7) is 4.93. The number of nitrogens with zero attached hydrogens (tertiary/aromatic N) is 1. The van der Waals surface area contributed by atoms with Crippen molar-refractivity contribution in [1.29, 1.82) is 5.41 Å². The average Bonchev–Trinajstić information content (AvgIpc) is 2.05. The third-order valence-electron chi connectivity index (χ3n) is 1.25. The molecular weight excluding hydrogens is 204 g/mol. The van der Waals surface area contributed by atoms with Gasteiger partial charge in [-0.1, -0.05) is 21.3 Å². The van der Waals surface area contributed by atoms with Crippen molar-refractivity contribution >= 4 is 21.8 Å². The van der Waals surface area contributed by atoms with Crippen molar-refractivity contribution in [2.45, 2.75) is 0 Å². The lowest BCUT2D eigenvalue weighted by Gasteiger charge is -1.88. The van der Waals surface area contributed by atoms with Gasteiger partial charge in [0, 0.05) is 4.47 Å². The SMILES string of the molecule is C#[N+]C(=N)c1ccc(Br)cc1. The van der Waals surface area contributed by atoms with E-state index in [0.29, 0.717) is 0 Å². The number of rotatable bonds is 1. The molecule has 0 saturated heterocycles. The van der Waals surface area contributed by atoms with Crippen LogP contribution in [-0.4, -0.2) is 5.84 Å². The summed E-state index contributed by atoms with van der Waals surface area (Å²) in [6, 6.07) is 7.25. The molecule has 0 bridgehead atoms. The zero-order valence-electron chi connectivity index (χ0n) is 5.71. The highest BCUT2D eigenvalue weighted by Crippen LogP contribution is 2.10. The van der Waals surface area contributed by atoms with E-state index in [9.17, 15) is 0 Å². The summed E-state index contributed by atoms with van der Waals surface area (Å²) in [5, 5.41) is 7.24. The molecule has 0 aliphatic heterocycles. The van der Waals surface area contributed by atoms with Crippen molar-refractivity contribution in [2.24, 2.45) is 0 Å². The van der Waals surface area contributed by atoms with Crippen molar-refractivity contribution < 1.29 is 0 Å². The molecule has 0 amide bonds. The molecule has 0 aliphatic carbocycles. The first kappa shape index (κ1) is 7.96. The number of nitrogens with one attached hydrogen (secondary N) is 1. The molecule has 0 spiro atoms. The van der Waals surface area contributed by atoms with Crippen LogP contribution in [0.3, 0.4) is 0 Å². The minimum Gasteiger partial charge on any atom is -0.158 e. The Morgan fingerprint density at radius 1 is 1.36 bits per heavy atom. The van der Waals surface area contributed by atoms with Crippen LogP contribution in [0.25, 0.3) is 4.85 Å². The first-order valence-corrected chi connectivity index (χ1v) is 3.79. The van der Waals surface area contributed by atoms with Gasteiger partial charge in [-0.15, -0.1) is 0 Å². The molecule has 0 atom stereocenters. The topological polar surface area (TPSA) is 28.2 Å². The highest BCUT2D eigenvalue weighted by Gasteiger charge is 2.06. The highest BCUT2D eigenvalue weighted by atomic mass is 79.9. The number of amidine groups is 1. The van der Waals surface area contributed by atoms with E-state index < -0.39 is 0 Å². The quantitative estimate of drug-likeness (QED) is 0.545. The van der Waals surface area contributed by atoms with Crippen molar-refractivity contribution in [3.8, 4) is 6.57 Å². The molecule has 1 aromatic carbocycles. The highest BCUT2D eigenvalue weighted by molar-refractivity contribution is 9.10. The van der Waals surface area contributed by atoms with Gasteiger partial charge in [0.1, 0.15) is 6.57 Å². The molecule has 2 nitrogen and oxygen atoms in total. The third-order valence-corrected chi connectivity index (χ3v) is 1.78. The molecule has 3 heteroatoms. The monoisotopic (exact) mass is 209 g/mol. The summed E-state index contributed by atoms with van der Waals surface area (Å²) in [5.41, 5.74) is 0.718. The van der Waals surface area contributed by atoms with Crippen LogP contribution in [0.15, 0.2) is 28.7 Å². The predicted molar refractivity (Wildman–Crippen MR) is 49.3 cm³/mol. The maximum Gasteiger partial charge on any atom is 0.424 e.